The fraction of sp³-hybridized carbons (Fsp3) is 0.846. The van der Waals surface area contributed by atoms with E-state index in [2.05, 4.69) is 22.4 Å². The smallest absolute Gasteiger partial charge is 0.216 e. The summed E-state index contributed by atoms with van der Waals surface area (Å²) in [4.78, 5) is 0. The zero-order valence-corrected chi connectivity index (χ0v) is 11.6. The summed E-state index contributed by atoms with van der Waals surface area (Å²) >= 11 is 0. The average molecular weight is 255 g/mol. The molecule has 5 nitrogen and oxygen atoms in total. The molecule has 1 aromatic heterocycles. The van der Waals surface area contributed by atoms with Gasteiger partial charge in [-0.05, 0) is 39.3 Å². The van der Waals surface area contributed by atoms with Gasteiger partial charge in [0, 0.05) is 26.1 Å². The Labute approximate surface area is 109 Å². The normalized spacial score (nSPS) is 11.0. The van der Waals surface area contributed by atoms with Crippen molar-refractivity contribution in [1.29, 1.82) is 0 Å². The van der Waals surface area contributed by atoms with Crippen LogP contribution in [0, 0.1) is 0 Å². The van der Waals surface area contributed by atoms with Crippen molar-refractivity contribution in [2.24, 2.45) is 0 Å². The summed E-state index contributed by atoms with van der Waals surface area (Å²) < 4.78 is 10.8. The van der Waals surface area contributed by atoms with E-state index in [1.807, 2.05) is 6.92 Å². The van der Waals surface area contributed by atoms with E-state index in [1.165, 1.54) is 6.42 Å². The van der Waals surface area contributed by atoms with Crippen molar-refractivity contribution in [1.82, 2.24) is 15.5 Å². The quantitative estimate of drug-likeness (QED) is 0.613. The minimum atomic E-state index is 0.728. The highest BCUT2D eigenvalue weighted by Gasteiger charge is 2.05. The molecule has 5 heteroatoms. The number of aromatic nitrogens is 2. The van der Waals surface area contributed by atoms with Crippen LogP contribution in [0.4, 0.5) is 0 Å². The number of hydrogen-bond acceptors (Lipinski definition) is 5. The molecule has 1 N–H and O–H groups in total. The number of hydrogen-bond donors (Lipinski definition) is 1. The minimum Gasteiger partial charge on any atom is -0.425 e. The van der Waals surface area contributed by atoms with E-state index in [9.17, 15) is 0 Å². The second-order valence-corrected chi connectivity index (χ2v) is 4.24. The monoisotopic (exact) mass is 255 g/mol. The molecular formula is C13H25N3O2. The van der Waals surface area contributed by atoms with Crippen molar-refractivity contribution >= 4 is 0 Å². The van der Waals surface area contributed by atoms with Gasteiger partial charge in [0.05, 0.1) is 0 Å². The maximum atomic E-state index is 5.56. The third-order valence-corrected chi connectivity index (χ3v) is 2.56. The van der Waals surface area contributed by atoms with Crippen molar-refractivity contribution in [2.45, 2.75) is 46.0 Å². The Bertz CT molecular complexity index is 302. The molecule has 18 heavy (non-hydrogen) atoms. The fourth-order valence-electron chi connectivity index (χ4n) is 1.63. The first-order chi connectivity index (χ1) is 8.86. The van der Waals surface area contributed by atoms with Gasteiger partial charge in [-0.15, -0.1) is 10.2 Å². The number of ether oxygens (including phenoxy) is 1. The molecular weight excluding hydrogens is 230 g/mol. The fourth-order valence-corrected chi connectivity index (χ4v) is 1.63. The van der Waals surface area contributed by atoms with Gasteiger partial charge in [0.25, 0.3) is 0 Å². The number of rotatable bonds is 11. The molecule has 0 atom stereocenters. The number of nitrogens with one attached hydrogen (secondary N) is 1. The highest BCUT2D eigenvalue weighted by molar-refractivity contribution is 4.82. The summed E-state index contributed by atoms with van der Waals surface area (Å²) in [5.41, 5.74) is 0. The van der Waals surface area contributed by atoms with Crippen LogP contribution in [-0.2, 0) is 17.6 Å². The lowest BCUT2D eigenvalue weighted by molar-refractivity contribution is 0.143. The summed E-state index contributed by atoms with van der Waals surface area (Å²) in [5, 5.41) is 11.4. The molecule has 1 aromatic rings. The van der Waals surface area contributed by atoms with Gasteiger partial charge >= 0.3 is 0 Å². The van der Waals surface area contributed by atoms with Gasteiger partial charge in [0.15, 0.2) is 0 Å². The van der Waals surface area contributed by atoms with Crippen LogP contribution >= 0.6 is 0 Å². The summed E-state index contributed by atoms with van der Waals surface area (Å²) in [6.07, 6.45) is 4.81. The number of aryl methyl sites for hydroxylation is 2. The van der Waals surface area contributed by atoms with Gasteiger partial charge in [-0.2, -0.15) is 0 Å². The van der Waals surface area contributed by atoms with Gasteiger partial charge in [-0.3, -0.25) is 0 Å². The zero-order valence-electron chi connectivity index (χ0n) is 11.6. The minimum absolute atomic E-state index is 0.728. The number of nitrogens with zero attached hydrogens (tertiary/aromatic N) is 2. The largest absolute Gasteiger partial charge is 0.425 e. The summed E-state index contributed by atoms with van der Waals surface area (Å²) in [7, 11) is 0. The van der Waals surface area contributed by atoms with E-state index < -0.39 is 0 Å². The molecule has 1 heterocycles. The van der Waals surface area contributed by atoms with Gasteiger partial charge in [-0.25, -0.2) is 0 Å². The highest BCUT2D eigenvalue weighted by Crippen LogP contribution is 2.05. The first-order valence-corrected chi connectivity index (χ1v) is 6.96. The molecule has 0 aliphatic rings. The lowest BCUT2D eigenvalue weighted by Crippen LogP contribution is -2.16. The molecule has 1 rings (SSSR count). The SMILES string of the molecule is CCCNCCCc1nnc(CCCOCC)o1. The van der Waals surface area contributed by atoms with Crippen LogP contribution in [0.2, 0.25) is 0 Å². The van der Waals surface area contributed by atoms with Crippen molar-refractivity contribution in [2.75, 3.05) is 26.3 Å². The lowest BCUT2D eigenvalue weighted by Gasteiger charge is -2.00. The molecule has 104 valence electrons. The van der Waals surface area contributed by atoms with Crippen molar-refractivity contribution in [3.8, 4) is 0 Å². The second-order valence-electron chi connectivity index (χ2n) is 4.24. The van der Waals surface area contributed by atoms with Crippen molar-refractivity contribution < 1.29 is 9.15 Å². The molecule has 0 aliphatic carbocycles. The summed E-state index contributed by atoms with van der Waals surface area (Å²) in [6.45, 7) is 7.77. The Hall–Kier alpha value is -0.940. The highest BCUT2D eigenvalue weighted by atomic mass is 16.5. The van der Waals surface area contributed by atoms with E-state index in [-0.39, 0.29) is 0 Å². The second kappa shape index (κ2) is 10.0. The molecule has 0 saturated carbocycles. The zero-order chi connectivity index (χ0) is 13.1. The molecule has 0 amide bonds. The van der Waals surface area contributed by atoms with Gasteiger partial charge in [0.2, 0.25) is 11.8 Å². The molecule has 0 bridgehead atoms. The van der Waals surface area contributed by atoms with E-state index in [4.69, 9.17) is 9.15 Å². The third kappa shape index (κ3) is 6.71. The molecule has 0 radical (unpaired) electrons. The predicted octanol–water partition coefficient (Wildman–Crippen LogP) is 1.97. The first-order valence-electron chi connectivity index (χ1n) is 6.96. The van der Waals surface area contributed by atoms with Crippen LogP contribution in [-0.4, -0.2) is 36.5 Å². The van der Waals surface area contributed by atoms with Gasteiger partial charge in [0.1, 0.15) is 0 Å². The van der Waals surface area contributed by atoms with E-state index in [1.54, 1.807) is 0 Å². The molecule has 0 unspecified atom stereocenters. The Morgan fingerprint density at radius 2 is 1.78 bits per heavy atom. The Morgan fingerprint density at radius 3 is 2.44 bits per heavy atom. The van der Waals surface area contributed by atoms with Crippen molar-refractivity contribution in [3.05, 3.63) is 11.8 Å². The van der Waals surface area contributed by atoms with Crippen LogP contribution in [0.5, 0.6) is 0 Å². The standard InChI is InChI=1S/C13H25N3O2/c1-3-9-14-10-5-7-12-15-16-13(18-12)8-6-11-17-4-2/h14H,3-11H2,1-2H3. The van der Waals surface area contributed by atoms with E-state index >= 15 is 0 Å². The Balaban J connectivity index is 2.10. The predicted molar refractivity (Wildman–Crippen MR) is 70.6 cm³/mol. The van der Waals surface area contributed by atoms with E-state index in [0.29, 0.717) is 0 Å². The van der Waals surface area contributed by atoms with Crippen LogP contribution < -0.4 is 5.32 Å². The van der Waals surface area contributed by atoms with Crippen LogP contribution in [0.1, 0.15) is 44.9 Å². The van der Waals surface area contributed by atoms with Crippen LogP contribution in [0.15, 0.2) is 4.42 Å². The van der Waals surface area contributed by atoms with E-state index in [0.717, 1.165) is 63.8 Å². The average Bonchev–Trinajstić information content (AvgIpc) is 2.82. The molecule has 0 aliphatic heterocycles. The van der Waals surface area contributed by atoms with Crippen LogP contribution in [0.3, 0.4) is 0 Å². The molecule has 0 fully saturated rings. The van der Waals surface area contributed by atoms with Crippen molar-refractivity contribution in [3.63, 3.8) is 0 Å². The first kappa shape index (κ1) is 15.1. The Kier molecular flexibility index (Phi) is 8.42. The molecule has 0 saturated heterocycles. The van der Waals surface area contributed by atoms with Crippen LogP contribution in [0.25, 0.3) is 0 Å². The molecule has 0 spiro atoms. The molecule has 0 aromatic carbocycles. The lowest BCUT2D eigenvalue weighted by atomic mass is 10.3. The summed E-state index contributed by atoms with van der Waals surface area (Å²) in [5.74, 6) is 1.48. The van der Waals surface area contributed by atoms with Gasteiger partial charge in [-0.1, -0.05) is 6.92 Å². The topological polar surface area (TPSA) is 60.2 Å². The Morgan fingerprint density at radius 1 is 1.06 bits per heavy atom. The maximum Gasteiger partial charge on any atom is 0.216 e. The summed E-state index contributed by atoms with van der Waals surface area (Å²) in [6, 6.07) is 0. The van der Waals surface area contributed by atoms with Gasteiger partial charge < -0.3 is 14.5 Å². The maximum absolute atomic E-state index is 5.56. The third-order valence-electron chi connectivity index (χ3n) is 2.56.